The molecule has 0 aromatic rings. The van der Waals surface area contributed by atoms with Crippen molar-refractivity contribution in [2.45, 2.75) is 38.4 Å². The molecule has 0 rings (SSSR count). The largest absolute Gasteiger partial charge is 0.463 e. The lowest BCUT2D eigenvalue weighted by molar-refractivity contribution is -0.275. The number of nitrogens with zero attached hydrogens (tertiary/aromatic N) is 1. The molecule has 0 fully saturated rings. The molecule has 19 heavy (non-hydrogen) atoms. The van der Waals surface area contributed by atoms with Crippen molar-refractivity contribution < 1.29 is 31.5 Å². The van der Waals surface area contributed by atoms with Crippen LogP contribution in [0.4, 0.5) is 22.0 Å². The van der Waals surface area contributed by atoms with Gasteiger partial charge in [0.1, 0.15) is 5.78 Å². The van der Waals surface area contributed by atoms with Crippen LogP contribution in [0.1, 0.15) is 20.3 Å². The molecule has 0 aliphatic heterocycles. The van der Waals surface area contributed by atoms with E-state index < -0.39 is 35.7 Å². The fraction of sp³-hybridized carbons (Fsp3) is 0.800. The number of halogens is 6. The lowest BCUT2D eigenvalue weighted by Crippen LogP contribution is -2.54. The van der Waals surface area contributed by atoms with Crippen LogP contribution in [0, 0.1) is 0 Å². The second kappa shape index (κ2) is 6.49. The molecule has 1 amide bonds. The number of rotatable bonds is 6. The maximum Gasteiger partial charge on any atom is 0.463 e. The van der Waals surface area contributed by atoms with E-state index in [1.165, 1.54) is 13.8 Å². The molecule has 9 heteroatoms. The Morgan fingerprint density at radius 2 is 1.68 bits per heavy atom. The average Bonchev–Trinajstić information content (AvgIpc) is 2.27. The average molecular weight is 310 g/mol. The highest BCUT2D eigenvalue weighted by Gasteiger charge is 2.64. The summed E-state index contributed by atoms with van der Waals surface area (Å²) in [5.41, 5.74) is 0. The number of carbonyl (C=O) groups is 2. The highest BCUT2D eigenvalue weighted by atomic mass is 35.5. The van der Waals surface area contributed by atoms with E-state index in [0.29, 0.717) is 4.90 Å². The lowest BCUT2D eigenvalue weighted by atomic mass is 10.1. The van der Waals surface area contributed by atoms with E-state index in [1.807, 2.05) is 0 Å². The second-order valence-electron chi connectivity index (χ2n) is 3.89. The van der Waals surface area contributed by atoms with Crippen molar-refractivity contribution in [3.05, 3.63) is 0 Å². The fourth-order valence-electron chi connectivity index (χ4n) is 1.45. The third-order valence-corrected chi connectivity index (χ3v) is 2.73. The van der Waals surface area contributed by atoms with Gasteiger partial charge >= 0.3 is 18.0 Å². The fourth-order valence-corrected chi connectivity index (χ4v) is 1.56. The second-order valence-corrected chi connectivity index (χ2v) is 4.16. The van der Waals surface area contributed by atoms with Gasteiger partial charge in [-0.2, -0.15) is 22.0 Å². The van der Waals surface area contributed by atoms with Gasteiger partial charge in [-0.25, -0.2) is 0 Å². The maximum atomic E-state index is 12.9. The van der Waals surface area contributed by atoms with Crippen LogP contribution in [-0.4, -0.2) is 47.2 Å². The Morgan fingerprint density at radius 1 is 1.21 bits per heavy atom. The topological polar surface area (TPSA) is 37.4 Å². The summed E-state index contributed by atoms with van der Waals surface area (Å²) >= 11 is 5.20. The molecule has 0 saturated heterocycles. The standard InChI is InChI=1S/C10H13ClF5NO2/c1-3-17(6(2)4-7(18)5-11)8(19)9(12,13)10(14,15)16/h6H,3-5H2,1-2H3. The van der Waals surface area contributed by atoms with Crippen LogP contribution >= 0.6 is 11.6 Å². The maximum absolute atomic E-state index is 12.9. The van der Waals surface area contributed by atoms with E-state index in [1.54, 1.807) is 0 Å². The highest BCUT2D eigenvalue weighted by molar-refractivity contribution is 6.27. The number of hydrogen-bond acceptors (Lipinski definition) is 2. The van der Waals surface area contributed by atoms with Crippen molar-refractivity contribution in [3.8, 4) is 0 Å². The van der Waals surface area contributed by atoms with Crippen molar-refractivity contribution >= 4 is 23.3 Å². The molecule has 0 aromatic carbocycles. The summed E-state index contributed by atoms with van der Waals surface area (Å²) in [5, 5.41) is 0. The molecule has 112 valence electrons. The summed E-state index contributed by atoms with van der Waals surface area (Å²) in [5.74, 6) is -8.78. The molecule has 0 N–H and O–H groups in total. The van der Waals surface area contributed by atoms with Crippen LogP contribution in [-0.2, 0) is 9.59 Å². The van der Waals surface area contributed by atoms with E-state index >= 15 is 0 Å². The number of ketones is 1. The van der Waals surface area contributed by atoms with Crippen molar-refractivity contribution in [1.82, 2.24) is 4.90 Å². The van der Waals surface area contributed by atoms with Gasteiger partial charge in [0.15, 0.2) is 0 Å². The zero-order valence-electron chi connectivity index (χ0n) is 10.2. The molecule has 0 radical (unpaired) electrons. The monoisotopic (exact) mass is 309 g/mol. The van der Waals surface area contributed by atoms with Crippen LogP contribution in [0.15, 0.2) is 0 Å². The van der Waals surface area contributed by atoms with E-state index in [9.17, 15) is 31.5 Å². The predicted octanol–water partition coefficient (Wildman–Crippen LogP) is 2.62. The van der Waals surface area contributed by atoms with Gasteiger partial charge in [0.25, 0.3) is 0 Å². The van der Waals surface area contributed by atoms with Crippen molar-refractivity contribution in [3.63, 3.8) is 0 Å². The van der Waals surface area contributed by atoms with Crippen molar-refractivity contribution in [2.75, 3.05) is 12.4 Å². The smallest absolute Gasteiger partial charge is 0.334 e. The minimum Gasteiger partial charge on any atom is -0.334 e. The molecule has 0 bridgehead atoms. The Bertz CT molecular complexity index is 345. The van der Waals surface area contributed by atoms with Gasteiger partial charge in [-0.1, -0.05) is 0 Å². The molecule has 0 aromatic heterocycles. The molecule has 3 nitrogen and oxygen atoms in total. The number of Topliss-reactive ketones (excluding diaryl/α,β-unsaturated/α-hetero) is 1. The summed E-state index contributed by atoms with van der Waals surface area (Å²) in [6.07, 6.45) is -6.34. The molecular formula is C10H13ClF5NO2. The van der Waals surface area contributed by atoms with Gasteiger partial charge < -0.3 is 4.90 Å². The molecular weight excluding hydrogens is 297 g/mol. The van der Waals surface area contributed by atoms with Crippen LogP contribution in [0.5, 0.6) is 0 Å². The van der Waals surface area contributed by atoms with E-state index in [2.05, 4.69) is 0 Å². The van der Waals surface area contributed by atoms with Gasteiger partial charge in [-0.05, 0) is 13.8 Å². The summed E-state index contributed by atoms with van der Waals surface area (Å²) in [6, 6.07) is -1.09. The molecule has 0 spiro atoms. The third-order valence-electron chi connectivity index (χ3n) is 2.43. The Hall–Kier alpha value is -0.920. The zero-order chi connectivity index (χ0) is 15.4. The number of carbonyl (C=O) groups excluding carboxylic acids is 2. The minimum absolute atomic E-state index is 0.317. The van der Waals surface area contributed by atoms with E-state index in [4.69, 9.17) is 11.6 Å². The molecule has 1 unspecified atom stereocenters. The quantitative estimate of drug-likeness (QED) is 0.559. The number of alkyl halides is 6. The van der Waals surface area contributed by atoms with Crippen LogP contribution in [0.3, 0.4) is 0 Å². The first kappa shape index (κ1) is 18.1. The summed E-state index contributed by atoms with van der Waals surface area (Å²) in [6.45, 7) is 2.07. The SMILES string of the molecule is CCN(C(=O)C(F)(F)C(F)(F)F)C(C)CC(=O)CCl. The first-order chi connectivity index (χ1) is 8.48. The van der Waals surface area contributed by atoms with Crippen LogP contribution in [0.25, 0.3) is 0 Å². The Balaban J connectivity index is 5.06. The zero-order valence-corrected chi connectivity index (χ0v) is 11.0. The summed E-state index contributed by atoms with van der Waals surface area (Å²) < 4.78 is 62.1. The van der Waals surface area contributed by atoms with Gasteiger partial charge in [-0.15, -0.1) is 11.6 Å². The van der Waals surface area contributed by atoms with Gasteiger partial charge in [-0.3, -0.25) is 9.59 Å². The van der Waals surface area contributed by atoms with Gasteiger partial charge in [0, 0.05) is 19.0 Å². The lowest BCUT2D eigenvalue weighted by Gasteiger charge is -2.31. The molecule has 0 saturated carbocycles. The van der Waals surface area contributed by atoms with Crippen molar-refractivity contribution in [1.29, 1.82) is 0 Å². The van der Waals surface area contributed by atoms with Gasteiger partial charge in [0.2, 0.25) is 0 Å². The first-order valence-corrected chi connectivity index (χ1v) is 5.85. The predicted molar refractivity (Wildman–Crippen MR) is 58.2 cm³/mol. The Kier molecular flexibility index (Phi) is 6.18. The van der Waals surface area contributed by atoms with Crippen LogP contribution < -0.4 is 0 Å². The van der Waals surface area contributed by atoms with E-state index in [-0.39, 0.29) is 13.0 Å². The highest BCUT2D eigenvalue weighted by Crippen LogP contribution is 2.37. The minimum atomic E-state index is -5.96. The van der Waals surface area contributed by atoms with Gasteiger partial charge in [0.05, 0.1) is 5.88 Å². The first-order valence-electron chi connectivity index (χ1n) is 5.32. The normalized spacial score (nSPS) is 14.1. The molecule has 0 heterocycles. The Morgan fingerprint density at radius 3 is 2.00 bits per heavy atom. The molecule has 1 atom stereocenters. The van der Waals surface area contributed by atoms with E-state index in [0.717, 1.165) is 0 Å². The Labute approximate surface area is 111 Å². The molecule has 0 aliphatic carbocycles. The van der Waals surface area contributed by atoms with Crippen LogP contribution in [0.2, 0.25) is 0 Å². The number of hydrogen-bond donors (Lipinski definition) is 0. The summed E-state index contributed by atoms with van der Waals surface area (Å²) in [7, 11) is 0. The third kappa shape index (κ3) is 4.29. The van der Waals surface area contributed by atoms with Crippen molar-refractivity contribution in [2.24, 2.45) is 0 Å². The number of amides is 1. The molecule has 0 aliphatic rings. The summed E-state index contributed by atoms with van der Waals surface area (Å²) in [4.78, 5) is 22.6.